The van der Waals surface area contributed by atoms with Crippen LogP contribution in [-0.4, -0.2) is 9.78 Å². The van der Waals surface area contributed by atoms with E-state index in [4.69, 9.17) is 11.6 Å². The molecule has 0 bridgehead atoms. The number of para-hydroxylation sites is 1. The quantitative estimate of drug-likeness (QED) is 0.771. The van der Waals surface area contributed by atoms with E-state index in [9.17, 15) is 0 Å². The van der Waals surface area contributed by atoms with Crippen LogP contribution >= 0.6 is 11.6 Å². The third kappa shape index (κ3) is 3.26. The second-order valence-electron chi connectivity index (χ2n) is 4.90. The van der Waals surface area contributed by atoms with Crippen LogP contribution in [0, 0.1) is 6.92 Å². The van der Waals surface area contributed by atoms with Gasteiger partial charge in [-0.1, -0.05) is 35.9 Å². The molecule has 0 saturated heterocycles. The number of hydrogen-bond donors (Lipinski definition) is 1. The van der Waals surface area contributed by atoms with Crippen LogP contribution < -0.4 is 5.32 Å². The molecule has 0 aliphatic rings. The van der Waals surface area contributed by atoms with E-state index >= 15 is 0 Å². The molecule has 3 rings (SSSR count). The molecular formula is C17H16ClN3. The van der Waals surface area contributed by atoms with E-state index < -0.39 is 0 Å². The van der Waals surface area contributed by atoms with Crippen molar-refractivity contribution in [3.63, 3.8) is 0 Å². The fraction of sp³-hybridized carbons (Fsp3) is 0.118. The summed E-state index contributed by atoms with van der Waals surface area (Å²) in [4.78, 5) is 0. The zero-order valence-corrected chi connectivity index (χ0v) is 12.5. The van der Waals surface area contributed by atoms with E-state index in [0.717, 1.165) is 22.1 Å². The Hall–Kier alpha value is -2.26. The molecule has 0 aliphatic carbocycles. The molecular weight excluding hydrogens is 282 g/mol. The summed E-state index contributed by atoms with van der Waals surface area (Å²) in [6.07, 6.45) is 1.97. The number of hydrogen-bond acceptors (Lipinski definition) is 2. The Balaban J connectivity index is 1.72. The largest absolute Gasteiger partial charge is 0.379 e. The molecule has 0 spiro atoms. The molecule has 21 heavy (non-hydrogen) atoms. The minimum absolute atomic E-state index is 0.668. The van der Waals surface area contributed by atoms with Crippen LogP contribution in [0.15, 0.2) is 60.8 Å². The van der Waals surface area contributed by atoms with Gasteiger partial charge < -0.3 is 5.32 Å². The number of aryl methyl sites for hydroxylation is 1. The van der Waals surface area contributed by atoms with Crippen molar-refractivity contribution >= 4 is 17.3 Å². The first-order chi connectivity index (χ1) is 10.2. The standard InChI is InChI=1S/C17H16ClN3/c1-13-7-8-14(18)11-17(13)19-12-15-9-10-21(20-15)16-5-3-2-4-6-16/h2-11,19H,12H2,1H3. The smallest absolute Gasteiger partial charge is 0.0819 e. The monoisotopic (exact) mass is 297 g/mol. The lowest BCUT2D eigenvalue weighted by Gasteiger charge is -2.08. The van der Waals surface area contributed by atoms with Crippen LogP contribution in [0.3, 0.4) is 0 Å². The van der Waals surface area contributed by atoms with Gasteiger partial charge in [-0.15, -0.1) is 0 Å². The highest BCUT2D eigenvalue weighted by Crippen LogP contribution is 2.20. The van der Waals surface area contributed by atoms with Crippen LogP contribution in [0.1, 0.15) is 11.3 Å². The van der Waals surface area contributed by atoms with E-state index in [1.54, 1.807) is 0 Å². The van der Waals surface area contributed by atoms with Crippen LogP contribution in [0.25, 0.3) is 5.69 Å². The Bertz CT molecular complexity index is 735. The number of nitrogens with zero attached hydrogens (tertiary/aromatic N) is 2. The van der Waals surface area contributed by atoms with Crippen molar-refractivity contribution in [3.8, 4) is 5.69 Å². The van der Waals surface area contributed by atoms with Crippen molar-refractivity contribution in [2.45, 2.75) is 13.5 Å². The van der Waals surface area contributed by atoms with Gasteiger partial charge in [-0.2, -0.15) is 5.10 Å². The van der Waals surface area contributed by atoms with E-state index in [-0.39, 0.29) is 0 Å². The van der Waals surface area contributed by atoms with Gasteiger partial charge in [-0.05, 0) is 42.8 Å². The molecule has 1 N–H and O–H groups in total. The molecule has 4 heteroatoms. The number of rotatable bonds is 4. The Morgan fingerprint density at radius 1 is 1.10 bits per heavy atom. The van der Waals surface area contributed by atoms with Crippen molar-refractivity contribution in [1.82, 2.24) is 9.78 Å². The lowest BCUT2D eigenvalue weighted by atomic mass is 10.2. The molecule has 0 unspecified atom stereocenters. The second kappa shape index (κ2) is 6.02. The Morgan fingerprint density at radius 2 is 1.90 bits per heavy atom. The summed E-state index contributed by atoms with van der Waals surface area (Å²) in [7, 11) is 0. The lowest BCUT2D eigenvalue weighted by Crippen LogP contribution is -2.03. The maximum Gasteiger partial charge on any atom is 0.0819 e. The molecule has 106 valence electrons. The van der Waals surface area contributed by atoms with E-state index in [1.807, 2.05) is 65.5 Å². The summed E-state index contributed by atoms with van der Waals surface area (Å²) in [6.45, 7) is 2.72. The fourth-order valence-corrected chi connectivity index (χ4v) is 2.32. The molecule has 0 aliphatic heterocycles. The molecule has 3 aromatic rings. The van der Waals surface area contributed by atoms with Gasteiger partial charge in [0.1, 0.15) is 0 Å². The van der Waals surface area contributed by atoms with Gasteiger partial charge >= 0.3 is 0 Å². The molecule has 0 radical (unpaired) electrons. The van der Waals surface area contributed by atoms with E-state index in [0.29, 0.717) is 6.54 Å². The van der Waals surface area contributed by atoms with Gasteiger partial charge in [0.25, 0.3) is 0 Å². The van der Waals surface area contributed by atoms with Gasteiger partial charge in [0.15, 0.2) is 0 Å². The topological polar surface area (TPSA) is 29.9 Å². The average Bonchev–Trinajstić information content (AvgIpc) is 2.98. The molecule has 0 saturated carbocycles. The minimum Gasteiger partial charge on any atom is -0.379 e. The number of halogens is 1. The maximum atomic E-state index is 6.02. The predicted octanol–water partition coefficient (Wildman–Crippen LogP) is 4.45. The summed E-state index contributed by atoms with van der Waals surface area (Å²) in [5.74, 6) is 0. The first kappa shape index (κ1) is 13.7. The normalized spacial score (nSPS) is 10.6. The Labute approximate surface area is 129 Å². The van der Waals surface area contributed by atoms with Gasteiger partial charge in [0, 0.05) is 16.9 Å². The highest BCUT2D eigenvalue weighted by atomic mass is 35.5. The lowest BCUT2D eigenvalue weighted by molar-refractivity contribution is 0.844. The van der Waals surface area contributed by atoms with E-state index in [1.165, 1.54) is 5.56 Å². The van der Waals surface area contributed by atoms with Crippen LogP contribution in [0.4, 0.5) is 5.69 Å². The Kier molecular flexibility index (Phi) is 3.93. The molecule has 0 fully saturated rings. The minimum atomic E-state index is 0.668. The molecule has 3 nitrogen and oxygen atoms in total. The van der Waals surface area contributed by atoms with Crippen LogP contribution in [0.2, 0.25) is 5.02 Å². The molecule has 0 atom stereocenters. The fourth-order valence-electron chi connectivity index (χ4n) is 2.15. The number of nitrogens with one attached hydrogen (secondary N) is 1. The summed E-state index contributed by atoms with van der Waals surface area (Å²) < 4.78 is 1.88. The van der Waals surface area contributed by atoms with Crippen molar-refractivity contribution in [3.05, 3.63) is 77.1 Å². The van der Waals surface area contributed by atoms with Gasteiger partial charge in [-0.25, -0.2) is 4.68 Å². The summed E-state index contributed by atoms with van der Waals surface area (Å²) in [5.41, 5.74) is 4.25. The SMILES string of the molecule is Cc1ccc(Cl)cc1NCc1ccn(-c2ccccc2)n1. The molecule has 1 aromatic heterocycles. The van der Waals surface area contributed by atoms with Crippen LogP contribution in [-0.2, 0) is 6.54 Å². The maximum absolute atomic E-state index is 6.02. The van der Waals surface area contributed by atoms with Crippen molar-refractivity contribution < 1.29 is 0 Å². The first-order valence-corrected chi connectivity index (χ1v) is 7.20. The average molecular weight is 298 g/mol. The number of aromatic nitrogens is 2. The highest BCUT2D eigenvalue weighted by molar-refractivity contribution is 6.30. The van der Waals surface area contributed by atoms with E-state index in [2.05, 4.69) is 17.3 Å². The number of anilines is 1. The third-order valence-corrected chi connectivity index (χ3v) is 3.56. The molecule has 0 amide bonds. The summed E-state index contributed by atoms with van der Waals surface area (Å²) in [5, 5.41) is 8.68. The zero-order valence-electron chi connectivity index (χ0n) is 11.8. The van der Waals surface area contributed by atoms with Gasteiger partial charge in [0.05, 0.1) is 17.9 Å². The predicted molar refractivity (Wildman–Crippen MR) is 87.1 cm³/mol. The summed E-state index contributed by atoms with van der Waals surface area (Å²) in [6, 6.07) is 17.9. The number of benzene rings is 2. The van der Waals surface area contributed by atoms with Crippen molar-refractivity contribution in [2.24, 2.45) is 0 Å². The molecule has 1 heterocycles. The van der Waals surface area contributed by atoms with Gasteiger partial charge in [-0.3, -0.25) is 0 Å². The molecule has 2 aromatic carbocycles. The Morgan fingerprint density at radius 3 is 2.71 bits per heavy atom. The van der Waals surface area contributed by atoms with Gasteiger partial charge in [0.2, 0.25) is 0 Å². The zero-order chi connectivity index (χ0) is 14.7. The third-order valence-electron chi connectivity index (χ3n) is 3.32. The van der Waals surface area contributed by atoms with Crippen molar-refractivity contribution in [1.29, 1.82) is 0 Å². The summed E-state index contributed by atoms with van der Waals surface area (Å²) >= 11 is 6.02. The highest BCUT2D eigenvalue weighted by Gasteiger charge is 2.03. The first-order valence-electron chi connectivity index (χ1n) is 6.82. The second-order valence-corrected chi connectivity index (χ2v) is 5.34. The van der Waals surface area contributed by atoms with Crippen molar-refractivity contribution in [2.75, 3.05) is 5.32 Å². The van der Waals surface area contributed by atoms with Crippen LogP contribution in [0.5, 0.6) is 0 Å².